The van der Waals surface area contributed by atoms with Gasteiger partial charge in [-0.1, -0.05) is 159 Å². The Balaban J connectivity index is 1.11. The van der Waals surface area contributed by atoms with Gasteiger partial charge in [0.15, 0.2) is 17.5 Å². The Bertz CT molecular complexity index is 3160. The van der Waals surface area contributed by atoms with E-state index in [0.717, 1.165) is 49.7 Å². The zero-order chi connectivity index (χ0) is 37.4. The highest BCUT2D eigenvalue weighted by atomic mass is 28.3. The first kappa shape index (κ1) is 32.5. The first-order valence-corrected chi connectivity index (χ1v) is 22.2. The number of aromatic nitrogens is 4. The Hall–Kier alpha value is -6.95. The molecule has 1 aliphatic rings. The van der Waals surface area contributed by atoms with Gasteiger partial charge in [0.2, 0.25) is 0 Å². The minimum absolute atomic E-state index is 0.648. The van der Waals surface area contributed by atoms with Crippen LogP contribution in [0.4, 0.5) is 0 Å². The summed E-state index contributed by atoms with van der Waals surface area (Å²) in [7, 11) is -1.82. The highest BCUT2D eigenvalue weighted by Crippen LogP contribution is 2.39. The van der Waals surface area contributed by atoms with Gasteiger partial charge in [-0.2, -0.15) is 0 Å². The maximum Gasteiger partial charge on any atom is 0.164 e. The van der Waals surface area contributed by atoms with Crippen molar-refractivity contribution < 1.29 is 0 Å². The van der Waals surface area contributed by atoms with Crippen LogP contribution in [-0.4, -0.2) is 27.6 Å². The normalized spacial score (nSPS) is 13.0. The van der Waals surface area contributed by atoms with E-state index in [-0.39, 0.29) is 0 Å². The molecule has 0 bridgehead atoms. The van der Waals surface area contributed by atoms with Gasteiger partial charge in [-0.15, -0.1) is 0 Å². The molecule has 11 rings (SSSR count). The van der Waals surface area contributed by atoms with Crippen LogP contribution in [0.3, 0.4) is 0 Å². The van der Waals surface area contributed by atoms with Crippen molar-refractivity contribution in [1.29, 1.82) is 0 Å². The number of nitrogens with zero attached hydrogens (tertiary/aromatic N) is 4. The van der Waals surface area contributed by atoms with E-state index in [9.17, 15) is 0 Å². The molecule has 0 amide bonds. The third-order valence-electron chi connectivity index (χ3n) is 11.7. The van der Waals surface area contributed by atoms with Crippen LogP contribution in [0, 0.1) is 0 Å². The molecule has 5 heteroatoms. The molecule has 0 radical (unpaired) electrons. The Kier molecular flexibility index (Phi) is 7.28. The maximum absolute atomic E-state index is 5.33. The van der Waals surface area contributed by atoms with Gasteiger partial charge >= 0.3 is 0 Å². The highest BCUT2D eigenvalue weighted by Gasteiger charge is 2.37. The smallest absolute Gasteiger partial charge is 0.164 e. The van der Waals surface area contributed by atoms with Crippen LogP contribution in [0.5, 0.6) is 0 Å². The molecule has 264 valence electrons. The monoisotopic (exact) mass is 732 g/mol. The fourth-order valence-corrected chi connectivity index (χ4v) is 11.9. The van der Waals surface area contributed by atoms with Crippen LogP contribution >= 0.6 is 0 Å². The van der Waals surface area contributed by atoms with Gasteiger partial charge in [-0.25, -0.2) is 15.0 Å². The van der Waals surface area contributed by atoms with Gasteiger partial charge in [-0.05, 0) is 79.8 Å². The van der Waals surface area contributed by atoms with Crippen molar-refractivity contribution in [3.8, 4) is 62.1 Å². The third-order valence-corrected chi connectivity index (χ3v) is 15.2. The number of rotatable bonds is 5. The summed E-state index contributed by atoms with van der Waals surface area (Å²) in [6.45, 7) is 4.90. The fourth-order valence-electron chi connectivity index (χ4n) is 8.86. The molecular weight excluding hydrogens is 697 g/mol. The number of hydrogen-bond donors (Lipinski definition) is 0. The second kappa shape index (κ2) is 12.6. The summed E-state index contributed by atoms with van der Waals surface area (Å²) in [5, 5.41) is 7.69. The standard InChI is InChI=1S/C51H36N4Si/c1-56(2)46-22-11-9-17-40(46)43-32-38(29-30-47(43)56)50-52-49(35-26-23-34(24-27-35)37-28-25-33-13-6-7-14-36(33)31-37)53-51(54-50)42-19-12-21-45-48(42)41-18-8-10-20-44(41)55(45)39-15-4-3-5-16-39/h3-32H,1-2H3. The molecule has 2 aromatic heterocycles. The van der Waals surface area contributed by atoms with Gasteiger partial charge in [0, 0.05) is 33.2 Å². The van der Waals surface area contributed by atoms with Gasteiger partial charge in [0.05, 0.1) is 11.0 Å². The summed E-state index contributed by atoms with van der Waals surface area (Å²) in [6.07, 6.45) is 0. The van der Waals surface area contributed by atoms with Crippen LogP contribution in [-0.2, 0) is 0 Å². The van der Waals surface area contributed by atoms with Crippen LogP contribution in [0.15, 0.2) is 182 Å². The summed E-state index contributed by atoms with van der Waals surface area (Å²) in [5.41, 5.74) is 11.2. The SMILES string of the molecule is C[Si]1(C)c2ccccc2-c2cc(-c3nc(-c4ccc(-c5ccc6ccccc6c5)cc4)nc(-c4cccc5c4c4ccccc4n5-c4ccccc4)n3)ccc21. The Morgan fingerprint density at radius 2 is 1.00 bits per heavy atom. The Morgan fingerprint density at radius 1 is 0.393 bits per heavy atom. The summed E-state index contributed by atoms with van der Waals surface area (Å²) >= 11 is 0. The lowest BCUT2D eigenvalue weighted by molar-refractivity contribution is 1.08. The zero-order valence-corrected chi connectivity index (χ0v) is 32.1. The summed E-state index contributed by atoms with van der Waals surface area (Å²) in [4.78, 5) is 15.9. The van der Waals surface area contributed by atoms with Crippen molar-refractivity contribution in [2.75, 3.05) is 0 Å². The van der Waals surface area contributed by atoms with E-state index in [1.807, 2.05) is 0 Å². The lowest BCUT2D eigenvalue weighted by Gasteiger charge is -2.18. The fraction of sp³-hybridized carbons (Fsp3) is 0.0392. The molecule has 0 fully saturated rings. The Labute approximate surface area is 326 Å². The average Bonchev–Trinajstić information content (AvgIpc) is 3.72. The second-order valence-corrected chi connectivity index (χ2v) is 19.6. The number of hydrogen-bond acceptors (Lipinski definition) is 3. The maximum atomic E-state index is 5.33. The van der Waals surface area contributed by atoms with Gasteiger partial charge in [0.25, 0.3) is 0 Å². The van der Waals surface area contributed by atoms with Gasteiger partial charge in [-0.3, -0.25) is 0 Å². The van der Waals surface area contributed by atoms with E-state index >= 15 is 0 Å². The zero-order valence-electron chi connectivity index (χ0n) is 31.1. The van der Waals surface area contributed by atoms with E-state index in [1.54, 1.807) is 0 Å². The predicted octanol–water partition coefficient (Wildman–Crippen LogP) is 11.6. The van der Waals surface area contributed by atoms with Crippen LogP contribution in [0.1, 0.15) is 0 Å². The quantitative estimate of drug-likeness (QED) is 0.166. The van der Waals surface area contributed by atoms with Crippen molar-refractivity contribution in [2.45, 2.75) is 13.1 Å². The van der Waals surface area contributed by atoms with Gasteiger partial charge in [0.1, 0.15) is 8.07 Å². The summed E-state index contributed by atoms with van der Waals surface area (Å²) < 4.78 is 2.34. The molecule has 0 saturated heterocycles. The topological polar surface area (TPSA) is 43.6 Å². The predicted molar refractivity (Wildman–Crippen MR) is 236 cm³/mol. The summed E-state index contributed by atoms with van der Waals surface area (Å²) in [6, 6.07) is 65.2. The second-order valence-electron chi connectivity index (χ2n) is 15.3. The molecule has 3 heterocycles. The van der Waals surface area contributed by atoms with E-state index in [1.165, 1.54) is 37.8 Å². The third kappa shape index (κ3) is 5.09. The number of fused-ring (bicyclic) bond motifs is 7. The molecule has 0 N–H and O–H groups in total. The molecule has 4 nitrogen and oxygen atoms in total. The molecule has 0 atom stereocenters. The molecular formula is C51H36N4Si. The lowest BCUT2D eigenvalue weighted by Crippen LogP contribution is -2.49. The average molecular weight is 733 g/mol. The van der Waals surface area contributed by atoms with Gasteiger partial charge < -0.3 is 4.57 Å². The van der Waals surface area contributed by atoms with Crippen molar-refractivity contribution in [3.63, 3.8) is 0 Å². The molecule has 0 spiro atoms. The lowest BCUT2D eigenvalue weighted by atomic mass is 10.00. The molecule has 0 saturated carbocycles. The summed E-state index contributed by atoms with van der Waals surface area (Å²) in [5.74, 6) is 1.97. The molecule has 1 aliphatic heterocycles. The Morgan fingerprint density at radius 3 is 1.86 bits per heavy atom. The van der Waals surface area contributed by atoms with Crippen LogP contribution < -0.4 is 10.4 Å². The van der Waals surface area contributed by atoms with E-state index in [0.29, 0.717) is 17.5 Å². The van der Waals surface area contributed by atoms with Crippen LogP contribution in [0.2, 0.25) is 13.1 Å². The van der Waals surface area contributed by atoms with E-state index < -0.39 is 8.07 Å². The van der Waals surface area contributed by atoms with Crippen molar-refractivity contribution in [3.05, 3.63) is 182 Å². The number of para-hydroxylation sites is 2. The van der Waals surface area contributed by atoms with Crippen LogP contribution in [0.25, 0.3) is 94.7 Å². The molecule has 0 aliphatic carbocycles. The minimum atomic E-state index is -1.82. The van der Waals surface area contributed by atoms with Crippen molar-refractivity contribution in [2.24, 2.45) is 0 Å². The number of benzene rings is 8. The van der Waals surface area contributed by atoms with E-state index in [2.05, 4.69) is 200 Å². The largest absolute Gasteiger partial charge is 0.309 e. The van der Waals surface area contributed by atoms with Crippen molar-refractivity contribution >= 4 is 51.0 Å². The molecule has 56 heavy (non-hydrogen) atoms. The minimum Gasteiger partial charge on any atom is -0.309 e. The van der Waals surface area contributed by atoms with Crippen molar-refractivity contribution in [1.82, 2.24) is 19.5 Å². The van der Waals surface area contributed by atoms with E-state index in [4.69, 9.17) is 15.0 Å². The molecule has 0 unspecified atom stereocenters. The molecule has 10 aromatic rings. The highest BCUT2D eigenvalue weighted by molar-refractivity contribution is 7.03. The first-order chi connectivity index (χ1) is 27.5. The first-order valence-electron chi connectivity index (χ1n) is 19.2. The molecule has 8 aromatic carbocycles.